The summed E-state index contributed by atoms with van der Waals surface area (Å²) in [7, 11) is 0. The fourth-order valence-electron chi connectivity index (χ4n) is 2.39. The minimum atomic E-state index is 0.544. The number of nitrogens with zero attached hydrogens (tertiary/aromatic N) is 1. The van der Waals surface area contributed by atoms with E-state index < -0.39 is 0 Å². The quantitative estimate of drug-likeness (QED) is 0.648. The summed E-state index contributed by atoms with van der Waals surface area (Å²) in [6.45, 7) is 0.544. The summed E-state index contributed by atoms with van der Waals surface area (Å²) in [6, 6.07) is 8.05. The zero-order chi connectivity index (χ0) is 13.9. The Balaban J connectivity index is 1.80. The van der Waals surface area contributed by atoms with E-state index in [1.54, 1.807) is 11.3 Å². The Labute approximate surface area is 130 Å². The lowest BCUT2D eigenvalue weighted by molar-refractivity contribution is 0.308. The van der Waals surface area contributed by atoms with E-state index in [4.69, 9.17) is 9.94 Å². The Kier molecular flexibility index (Phi) is 4.08. The molecule has 3 rings (SSSR count). The van der Waals surface area contributed by atoms with Crippen molar-refractivity contribution in [3.05, 3.63) is 50.1 Å². The van der Waals surface area contributed by atoms with Crippen molar-refractivity contribution >= 4 is 33.0 Å². The number of benzene rings is 1. The highest BCUT2D eigenvalue weighted by atomic mass is 79.9. The van der Waals surface area contributed by atoms with Crippen LogP contribution in [0.5, 0.6) is 5.75 Å². The number of hydrogen-bond acceptors (Lipinski definition) is 4. The number of ether oxygens (including phenoxy) is 1. The van der Waals surface area contributed by atoms with Gasteiger partial charge in [-0.3, -0.25) is 0 Å². The highest BCUT2D eigenvalue weighted by Gasteiger charge is 2.16. The summed E-state index contributed by atoms with van der Waals surface area (Å²) < 4.78 is 6.92. The number of rotatable bonds is 3. The van der Waals surface area contributed by atoms with Gasteiger partial charge < -0.3 is 9.94 Å². The molecule has 104 valence electrons. The molecule has 3 nitrogen and oxygen atoms in total. The molecule has 2 aromatic rings. The van der Waals surface area contributed by atoms with Crippen LogP contribution in [-0.4, -0.2) is 10.9 Å². The molecule has 1 aliphatic rings. The lowest BCUT2D eigenvalue weighted by Crippen LogP contribution is -2.12. The van der Waals surface area contributed by atoms with E-state index >= 15 is 0 Å². The van der Waals surface area contributed by atoms with Crippen molar-refractivity contribution in [1.82, 2.24) is 0 Å². The van der Waals surface area contributed by atoms with Gasteiger partial charge in [-0.2, -0.15) is 0 Å². The zero-order valence-corrected chi connectivity index (χ0v) is 13.2. The van der Waals surface area contributed by atoms with Gasteiger partial charge in [-0.05, 0) is 64.3 Å². The van der Waals surface area contributed by atoms with Crippen LogP contribution < -0.4 is 4.74 Å². The van der Waals surface area contributed by atoms with Crippen LogP contribution in [0.4, 0.5) is 0 Å². The molecule has 0 saturated heterocycles. The maximum absolute atomic E-state index is 9.09. The molecule has 0 atom stereocenters. The largest absolute Gasteiger partial charge is 0.488 e. The first-order valence-corrected chi connectivity index (χ1v) is 8.14. The molecule has 0 spiro atoms. The second kappa shape index (κ2) is 5.97. The third kappa shape index (κ3) is 2.74. The van der Waals surface area contributed by atoms with Gasteiger partial charge in [0, 0.05) is 10.0 Å². The maximum atomic E-state index is 9.09. The van der Waals surface area contributed by atoms with Crippen LogP contribution in [-0.2, 0) is 13.0 Å². The van der Waals surface area contributed by atoms with E-state index in [1.165, 1.54) is 10.4 Å². The second-order valence-electron chi connectivity index (χ2n) is 4.70. The van der Waals surface area contributed by atoms with E-state index in [9.17, 15) is 0 Å². The molecular formula is C15H14BrNO2S. The number of halogens is 1. The Morgan fingerprint density at radius 1 is 1.30 bits per heavy atom. The molecule has 0 amide bonds. The van der Waals surface area contributed by atoms with Crippen molar-refractivity contribution in [3.8, 4) is 5.75 Å². The highest BCUT2D eigenvalue weighted by molar-refractivity contribution is 9.10. The van der Waals surface area contributed by atoms with Crippen LogP contribution in [0.1, 0.15) is 28.8 Å². The van der Waals surface area contributed by atoms with E-state index in [-0.39, 0.29) is 0 Å². The van der Waals surface area contributed by atoms with Crippen molar-refractivity contribution in [2.45, 2.75) is 25.9 Å². The molecule has 1 aromatic carbocycles. The number of oxime groups is 1. The van der Waals surface area contributed by atoms with Gasteiger partial charge in [0.15, 0.2) is 0 Å². The van der Waals surface area contributed by atoms with Crippen LogP contribution >= 0.6 is 27.3 Å². The van der Waals surface area contributed by atoms with Gasteiger partial charge in [-0.1, -0.05) is 11.2 Å². The summed E-state index contributed by atoms with van der Waals surface area (Å²) >= 11 is 5.17. The number of fused-ring (bicyclic) bond motifs is 1. The number of thiophene rings is 1. The Bertz CT molecular complexity index is 651. The number of aryl methyl sites for hydroxylation is 1. The normalized spacial score (nSPS) is 16.1. The minimum absolute atomic E-state index is 0.544. The monoisotopic (exact) mass is 351 g/mol. The molecule has 0 fully saturated rings. The van der Waals surface area contributed by atoms with Gasteiger partial charge in [0.25, 0.3) is 0 Å². The predicted molar refractivity (Wildman–Crippen MR) is 84.1 cm³/mol. The molecule has 20 heavy (non-hydrogen) atoms. The molecule has 0 saturated carbocycles. The van der Waals surface area contributed by atoms with E-state index in [2.05, 4.69) is 27.2 Å². The first kappa shape index (κ1) is 13.6. The molecule has 1 heterocycles. The third-order valence-electron chi connectivity index (χ3n) is 3.43. The van der Waals surface area contributed by atoms with Crippen molar-refractivity contribution in [3.63, 3.8) is 0 Å². The second-order valence-corrected chi connectivity index (χ2v) is 6.55. The Morgan fingerprint density at radius 2 is 2.20 bits per heavy atom. The average molecular weight is 352 g/mol. The summed E-state index contributed by atoms with van der Waals surface area (Å²) in [5, 5.41) is 14.5. The molecule has 1 N–H and O–H groups in total. The van der Waals surface area contributed by atoms with Crippen LogP contribution in [0.25, 0.3) is 0 Å². The first-order chi connectivity index (χ1) is 9.78. The Morgan fingerprint density at radius 3 is 2.95 bits per heavy atom. The first-order valence-electron chi connectivity index (χ1n) is 6.47. The van der Waals surface area contributed by atoms with E-state index in [0.29, 0.717) is 6.61 Å². The third-order valence-corrected chi connectivity index (χ3v) is 5.33. The summed E-state index contributed by atoms with van der Waals surface area (Å²) in [5.74, 6) is 0.812. The van der Waals surface area contributed by atoms with Gasteiger partial charge in [-0.15, -0.1) is 11.3 Å². The standard InChI is InChI=1S/C15H14BrNO2S/c16-13-6-7-20-15(13)9-19-11-5-4-10-2-1-3-14(17-18)12(10)8-11/h4-8,18H,1-3,9H2/b17-14-. The predicted octanol–water partition coefficient (Wildman–Crippen LogP) is 4.60. The smallest absolute Gasteiger partial charge is 0.124 e. The maximum Gasteiger partial charge on any atom is 0.124 e. The minimum Gasteiger partial charge on any atom is -0.488 e. The fourth-order valence-corrected chi connectivity index (χ4v) is 3.77. The van der Waals surface area contributed by atoms with Crippen molar-refractivity contribution < 1.29 is 9.94 Å². The van der Waals surface area contributed by atoms with Crippen molar-refractivity contribution in [1.29, 1.82) is 0 Å². The topological polar surface area (TPSA) is 41.8 Å². The van der Waals surface area contributed by atoms with Crippen molar-refractivity contribution in [2.75, 3.05) is 0 Å². The van der Waals surface area contributed by atoms with Crippen molar-refractivity contribution in [2.24, 2.45) is 5.16 Å². The molecule has 0 radical (unpaired) electrons. The molecular weight excluding hydrogens is 338 g/mol. The van der Waals surface area contributed by atoms with Crippen LogP contribution in [0.3, 0.4) is 0 Å². The van der Waals surface area contributed by atoms with Crippen LogP contribution in [0, 0.1) is 0 Å². The van der Waals surface area contributed by atoms with E-state index in [0.717, 1.165) is 40.8 Å². The molecule has 0 bridgehead atoms. The Hall–Kier alpha value is -1.33. The SMILES string of the molecule is O/N=C1/CCCc2ccc(OCc3sccc3Br)cc21. The molecule has 0 unspecified atom stereocenters. The van der Waals surface area contributed by atoms with Crippen LogP contribution in [0.15, 0.2) is 39.3 Å². The van der Waals surface area contributed by atoms with Gasteiger partial charge in [0.1, 0.15) is 12.4 Å². The highest BCUT2D eigenvalue weighted by Crippen LogP contribution is 2.28. The summed E-state index contributed by atoms with van der Waals surface area (Å²) in [5.41, 5.74) is 3.00. The van der Waals surface area contributed by atoms with E-state index in [1.807, 2.05) is 23.6 Å². The lowest BCUT2D eigenvalue weighted by atomic mass is 9.90. The zero-order valence-electron chi connectivity index (χ0n) is 10.8. The summed E-state index contributed by atoms with van der Waals surface area (Å²) in [6.07, 6.45) is 2.89. The van der Waals surface area contributed by atoms with Crippen LogP contribution in [0.2, 0.25) is 0 Å². The molecule has 1 aliphatic carbocycles. The summed E-state index contributed by atoms with van der Waals surface area (Å²) in [4.78, 5) is 1.17. The fraction of sp³-hybridized carbons (Fsp3) is 0.267. The molecule has 0 aliphatic heterocycles. The van der Waals surface area contributed by atoms with Gasteiger partial charge >= 0.3 is 0 Å². The lowest BCUT2D eigenvalue weighted by Gasteiger charge is -2.17. The molecule has 1 aromatic heterocycles. The van der Waals surface area contributed by atoms with Gasteiger partial charge in [0.2, 0.25) is 0 Å². The average Bonchev–Trinajstić information content (AvgIpc) is 2.89. The van der Waals surface area contributed by atoms with Gasteiger partial charge in [0.05, 0.1) is 10.6 Å². The van der Waals surface area contributed by atoms with Gasteiger partial charge in [-0.25, -0.2) is 0 Å². The number of hydrogen-bond donors (Lipinski definition) is 1. The molecule has 5 heteroatoms.